The number of ether oxygens (including phenoxy) is 2. The molecule has 3 saturated heterocycles. The van der Waals surface area contributed by atoms with Crippen LogP contribution in [0.15, 0.2) is 54.7 Å². The molecule has 13 nitrogen and oxygen atoms in total. The Balaban J connectivity index is 1.23. The molecular formula is C28H26N8O5. The van der Waals surface area contributed by atoms with Gasteiger partial charge in [-0.2, -0.15) is 5.10 Å². The van der Waals surface area contributed by atoms with Gasteiger partial charge in [0.15, 0.2) is 23.6 Å². The number of carbonyl (C=O) groups excluding carboxylic acids is 3. The SMILES string of the molecule is CNC(=O)Nc1ccc(-c2nc(N3CCOCC3)c3cnn(-c4ccc(C(=O)N5C[C@@H]6OC(=O)C65)cc4)c3n2)cc1. The van der Waals surface area contributed by atoms with Gasteiger partial charge in [0.2, 0.25) is 0 Å². The highest BCUT2D eigenvalue weighted by molar-refractivity contribution is 6.00. The molecule has 3 aliphatic rings. The van der Waals surface area contributed by atoms with Gasteiger partial charge in [0.1, 0.15) is 5.82 Å². The normalized spacial score (nSPS) is 19.6. The minimum Gasteiger partial charge on any atom is -0.456 e. The van der Waals surface area contributed by atoms with Gasteiger partial charge >= 0.3 is 12.0 Å². The van der Waals surface area contributed by atoms with E-state index in [0.717, 1.165) is 22.5 Å². The van der Waals surface area contributed by atoms with Gasteiger partial charge in [0, 0.05) is 37.0 Å². The first kappa shape index (κ1) is 25.0. The minimum absolute atomic E-state index is 0.168. The van der Waals surface area contributed by atoms with Crippen molar-refractivity contribution in [2.24, 2.45) is 0 Å². The van der Waals surface area contributed by atoms with Gasteiger partial charge in [0.25, 0.3) is 5.91 Å². The molecule has 41 heavy (non-hydrogen) atoms. The van der Waals surface area contributed by atoms with Crippen molar-refractivity contribution in [2.45, 2.75) is 12.1 Å². The molecule has 13 heteroatoms. The number of esters is 1. The van der Waals surface area contributed by atoms with Crippen molar-refractivity contribution in [1.82, 2.24) is 30.0 Å². The van der Waals surface area contributed by atoms with Crippen molar-refractivity contribution in [3.05, 3.63) is 60.3 Å². The number of likely N-dealkylation sites (tertiary alicyclic amines) is 1. The molecule has 2 aromatic carbocycles. The smallest absolute Gasteiger partial charge is 0.333 e. The summed E-state index contributed by atoms with van der Waals surface area (Å²) in [6, 6.07) is 13.6. The Morgan fingerprint density at radius 2 is 1.76 bits per heavy atom. The summed E-state index contributed by atoms with van der Waals surface area (Å²) in [4.78, 5) is 49.8. The number of nitrogens with zero attached hydrogens (tertiary/aromatic N) is 6. The molecule has 3 amide bonds. The lowest BCUT2D eigenvalue weighted by molar-refractivity contribution is -0.209. The van der Waals surface area contributed by atoms with Crippen LogP contribution in [-0.2, 0) is 14.3 Å². The number of aromatic nitrogens is 4. The van der Waals surface area contributed by atoms with Crippen LogP contribution in [-0.4, -0.2) is 94.6 Å². The third-order valence-corrected chi connectivity index (χ3v) is 7.54. The van der Waals surface area contributed by atoms with Crippen LogP contribution in [0.3, 0.4) is 0 Å². The Bertz CT molecular complexity index is 1660. The van der Waals surface area contributed by atoms with Crippen LogP contribution in [0.2, 0.25) is 0 Å². The van der Waals surface area contributed by atoms with Crippen molar-refractivity contribution in [3.8, 4) is 17.1 Å². The van der Waals surface area contributed by atoms with Gasteiger partial charge in [0.05, 0.1) is 37.0 Å². The Kier molecular flexibility index (Phi) is 6.00. The summed E-state index contributed by atoms with van der Waals surface area (Å²) < 4.78 is 12.3. The summed E-state index contributed by atoms with van der Waals surface area (Å²) in [5.41, 5.74) is 3.25. The zero-order valence-electron chi connectivity index (χ0n) is 22.1. The molecule has 5 heterocycles. The molecule has 3 fully saturated rings. The van der Waals surface area contributed by atoms with Crippen LogP contribution in [0.4, 0.5) is 16.3 Å². The number of morpholine rings is 2. The topological polar surface area (TPSA) is 144 Å². The highest BCUT2D eigenvalue weighted by atomic mass is 16.6. The molecule has 2 N–H and O–H groups in total. The van der Waals surface area contributed by atoms with E-state index in [1.807, 2.05) is 24.3 Å². The average molecular weight is 555 g/mol. The Morgan fingerprint density at radius 3 is 2.44 bits per heavy atom. The van der Waals surface area contributed by atoms with E-state index in [9.17, 15) is 14.4 Å². The van der Waals surface area contributed by atoms with E-state index in [1.54, 1.807) is 47.1 Å². The largest absolute Gasteiger partial charge is 0.456 e. The highest BCUT2D eigenvalue weighted by Gasteiger charge is 2.57. The summed E-state index contributed by atoms with van der Waals surface area (Å²) in [5.74, 6) is 0.726. The molecule has 2 atom stereocenters. The van der Waals surface area contributed by atoms with Crippen molar-refractivity contribution in [3.63, 3.8) is 0 Å². The van der Waals surface area contributed by atoms with Gasteiger partial charge in [-0.15, -0.1) is 0 Å². The van der Waals surface area contributed by atoms with E-state index in [1.165, 1.54) is 0 Å². The highest BCUT2D eigenvalue weighted by Crippen LogP contribution is 2.33. The molecule has 0 spiro atoms. The zero-order chi connectivity index (χ0) is 28.1. The molecular weight excluding hydrogens is 528 g/mol. The standard InChI is InChI=1S/C28H26N8O5/c1-29-28(39)31-18-6-2-16(3-7-18)23-32-24(34-10-12-40-13-11-34)20-14-30-36(25(20)33-23)19-8-4-17(5-9-19)26(37)35-15-21-22(35)27(38)41-21/h2-9,14,21-22H,10-13,15H2,1H3,(H2,29,31,39)/t21-,22?/m0/s1. The summed E-state index contributed by atoms with van der Waals surface area (Å²) in [6.45, 7) is 3.00. The number of benzene rings is 2. The minimum atomic E-state index is -0.459. The van der Waals surface area contributed by atoms with Crippen molar-refractivity contribution < 1.29 is 23.9 Å². The number of rotatable bonds is 5. The number of carbonyl (C=O) groups is 3. The zero-order valence-corrected chi connectivity index (χ0v) is 22.1. The molecule has 0 radical (unpaired) electrons. The predicted molar refractivity (Wildman–Crippen MR) is 148 cm³/mol. The monoisotopic (exact) mass is 554 g/mol. The Labute approximate surface area is 234 Å². The van der Waals surface area contributed by atoms with Crippen LogP contribution < -0.4 is 15.5 Å². The lowest BCUT2D eigenvalue weighted by Gasteiger charge is -2.52. The molecule has 2 aromatic heterocycles. The van der Waals surface area contributed by atoms with Crippen LogP contribution >= 0.6 is 0 Å². The van der Waals surface area contributed by atoms with E-state index < -0.39 is 6.04 Å². The van der Waals surface area contributed by atoms with E-state index in [2.05, 4.69) is 20.6 Å². The molecule has 0 bridgehead atoms. The number of amides is 3. The van der Waals surface area contributed by atoms with Crippen LogP contribution in [0.1, 0.15) is 10.4 Å². The van der Waals surface area contributed by atoms with Gasteiger partial charge in [-0.3, -0.25) is 4.79 Å². The van der Waals surface area contributed by atoms with Crippen LogP contribution in [0.5, 0.6) is 0 Å². The van der Waals surface area contributed by atoms with Gasteiger partial charge in [-0.25, -0.2) is 24.2 Å². The number of urea groups is 1. The second-order valence-corrected chi connectivity index (χ2v) is 9.97. The number of nitrogens with one attached hydrogen (secondary N) is 2. The van der Waals surface area contributed by atoms with Gasteiger partial charge in [-0.05, 0) is 48.5 Å². The second kappa shape index (κ2) is 9.86. The van der Waals surface area contributed by atoms with Crippen LogP contribution in [0, 0.1) is 0 Å². The Hall–Kier alpha value is -5.04. The molecule has 0 aliphatic carbocycles. The van der Waals surface area contributed by atoms with Crippen molar-refractivity contribution >= 4 is 40.4 Å². The number of hydrogen-bond acceptors (Lipinski definition) is 9. The predicted octanol–water partition coefficient (Wildman–Crippen LogP) is 1.82. The summed E-state index contributed by atoms with van der Waals surface area (Å²) >= 11 is 0. The molecule has 1 unspecified atom stereocenters. The van der Waals surface area contributed by atoms with Gasteiger partial charge in [-0.1, -0.05) is 0 Å². The van der Waals surface area contributed by atoms with E-state index >= 15 is 0 Å². The van der Waals surface area contributed by atoms with Crippen molar-refractivity contribution in [2.75, 3.05) is 50.1 Å². The van der Waals surface area contributed by atoms with Crippen molar-refractivity contribution in [1.29, 1.82) is 0 Å². The van der Waals surface area contributed by atoms with E-state index in [4.69, 9.17) is 19.4 Å². The molecule has 208 valence electrons. The molecule has 7 rings (SSSR count). The number of anilines is 2. The van der Waals surface area contributed by atoms with E-state index in [0.29, 0.717) is 55.6 Å². The molecule has 3 aliphatic heterocycles. The first-order chi connectivity index (χ1) is 20.0. The quantitative estimate of drug-likeness (QED) is 0.353. The fourth-order valence-electron chi connectivity index (χ4n) is 5.24. The lowest BCUT2D eigenvalue weighted by Crippen LogP contribution is -2.74. The third-order valence-electron chi connectivity index (χ3n) is 7.54. The maximum absolute atomic E-state index is 12.9. The van der Waals surface area contributed by atoms with Gasteiger partial charge < -0.3 is 29.9 Å². The van der Waals surface area contributed by atoms with E-state index in [-0.39, 0.29) is 24.0 Å². The molecule has 0 saturated carbocycles. The van der Waals surface area contributed by atoms with Crippen LogP contribution in [0.25, 0.3) is 28.1 Å². The second-order valence-electron chi connectivity index (χ2n) is 9.97. The maximum atomic E-state index is 12.9. The molecule has 4 aromatic rings. The first-order valence-corrected chi connectivity index (χ1v) is 13.3. The lowest BCUT2D eigenvalue weighted by atomic mass is 9.93. The summed E-state index contributed by atoms with van der Waals surface area (Å²) in [5, 5.41) is 10.7. The summed E-state index contributed by atoms with van der Waals surface area (Å²) in [7, 11) is 1.56. The fourth-order valence-corrected chi connectivity index (χ4v) is 5.24. The number of hydrogen-bond donors (Lipinski definition) is 2. The third kappa shape index (κ3) is 4.30. The average Bonchev–Trinajstić information content (AvgIpc) is 3.43. The first-order valence-electron chi connectivity index (χ1n) is 13.3. The summed E-state index contributed by atoms with van der Waals surface area (Å²) in [6.07, 6.45) is 1.58. The number of fused-ring (bicyclic) bond motifs is 2. The fraction of sp³-hybridized carbons (Fsp3) is 0.286. The maximum Gasteiger partial charge on any atom is 0.333 e. The Morgan fingerprint density at radius 1 is 1.00 bits per heavy atom.